The first kappa shape index (κ1) is 17.4. The smallest absolute Gasteiger partial charge is 0.251 e. The maximum absolute atomic E-state index is 12.7. The third kappa shape index (κ3) is 4.36. The number of hydrogen-bond donors (Lipinski definition) is 0. The van der Waals surface area contributed by atoms with Gasteiger partial charge in [0, 0.05) is 13.1 Å². The van der Waals surface area contributed by atoms with Gasteiger partial charge in [0.2, 0.25) is 0 Å². The third-order valence-corrected chi connectivity index (χ3v) is 4.50. The lowest BCUT2D eigenvalue weighted by atomic mass is 10.1. The maximum Gasteiger partial charge on any atom is 0.251 e. The molecule has 25 heavy (non-hydrogen) atoms. The Morgan fingerprint density at radius 3 is 3.08 bits per heavy atom. The fourth-order valence-electron chi connectivity index (χ4n) is 3.09. The van der Waals surface area contributed by atoms with Crippen molar-refractivity contribution >= 4 is 5.91 Å². The number of methoxy groups -OCH3 is 1. The van der Waals surface area contributed by atoms with Crippen LogP contribution in [0.3, 0.4) is 0 Å². The molecule has 2 heterocycles. The van der Waals surface area contributed by atoms with E-state index in [-0.39, 0.29) is 11.9 Å². The summed E-state index contributed by atoms with van der Waals surface area (Å²) in [7, 11) is 1.63. The van der Waals surface area contributed by atoms with E-state index >= 15 is 0 Å². The molecule has 1 aromatic heterocycles. The first-order valence-corrected chi connectivity index (χ1v) is 8.55. The van der Waals surface area contributed by atoms with Crippen LogP contribution in [0.25, 0.3) is 0 Å². The van der Waals surface area contributed by atoms with Gasteiger partial charge in [-0.3, -0.25) is 4.79 Å². The topological polar surface area (TPSA) is 69.5 Å². The van der Waals surface area contributed by atoms with Crippen LogP contribution in [0.5, 0.6) is 5.75 Å². The van der Waals surface area contributed by atoms with Crippen molar-refractivity contribution in [3.05, 3.63) is 42.5 Å². The van der Waals surface area contributed by atoms with E-state index < -0.39 is 6.10 Å². The summed E-state index contributed by atoms with van der Waals surface area (Å²) >= 11 is 0. The summed E-state index contributed by atoms with van der Waals surface area (Å²) in [5.41, 5.74) is 0.984. The van der Waals surface area contributed by atoms with Crippen LogP contribution >= 0.6 is 0 Å². The van der Waals surface area contributed by atoms with Gasteiger partial charge >= 0.3 is 0 Å². The molecule has 1 aliphatic rings. The summed E-state index contributed by atoms with van der Waals surface area (Å²) in [4.78, 5) is 18.5. The van der Waals surface area contributed by atoms with Crippen molar-refractivity contribution in [2.75, 3.05) is 20.2 Å². The number of ether oxygens (including phenoxy) is 2. The lowest BCUT2D eigenvalue weighted by Gasteiger charge is -2.34. The van der Waals surface area contributed by atoms with Gasteiger partial charge in [-0.05, 0) is 37.5 Å². The molecule has 7 heteroatoms. The van der Waals surface area contributed by atoms with Gasteiger partial charge in [0.1, 0.15) is 24.5 Å². The molecule has 1 saturated heterocycles. The van der Waals surface area contributed by atoms with Gasteiger partial charge in [0.05, 0.1) is 19.8 Å². The Hall–Kier alpha value is -2.41. The molecule has 0 saturated carbocycles. The zero-order chi connectivity index (χ0) is 17.6. The molecule has 3 rings (SSSR count). The fraction of sp³-hybridized carbons (Fsp3) is 0.500. The van der Waals surface area contributed by atoms with Crippen molar-refractivity contribution in [2.24, 2.45) is 0 Å². The molecule has 1 aromatic carbocycles. The number of rotatable bonds is 6. The fourth-order valence-corrected chi connectivity index (χ4v) is 3.09. The number of piperidine rings is 1. The second-order valence-corrected chi connectivity index (χ2v) is 6.26. The zero-order valence-electron chi connectivity index (χ0n) is 14.7. The molecule has 0 aliphatic carbocycles. The second kappa shape index (κ2) is 8.11. The normalized spacial score (nSPS) is 18.8. The molecule has 1 aliphatic heterocycles. The minimum absolute atomic E-state index is 0.0210. The maximum atomic E-state index is 12.7. The number of aromatic nitrogens is 3. The van der Waals surface area contributed by atoms with Crippen LogP contribution in [0.4, 0.5) is 0 Å². The van der Waals surface area contributed by atoms with Crippen LogP contribution < -0.4 is 4.74 Å². The van der Waals surface area contributed by atoms with Crippen molar-refractivity contribution in [1.82, 2.24) is 19.7 Å². The van der Waals surface area contributed by atoms with E-state index in [2.05, 4.69) is 10.1 Å². The van der Waals surface area contributed by atoms with Crippen molar-refractivity contribution in [3.8, 4) is 5.75 Å². The molecule has 0 unspecified atom stereocenters. The van der Waals surface area contributed by atoms with Crippen LogP contribution in [0, 0.1) is 0 Å². The number of hydrogen-bond acceptors (Lipinski definition) is 5. The quantitative estimate of drug-likeness (QED) is 0.802. The van der Waals surface area contributed by atoms with E-state index in [1.54, 1.807) is 13.4 Å². The number of nitrogens with zero attached hydrogens (tertiary/aromatic N) is 4. The first-order valence-electron chi connectivity index (χ1n) is 8.55. The summed E-state index contributed by atoms with van der Waals surface area (Å²) in [5.74, 6) is 0.805. The summed E-state index contributed by atoms with van der Waals surface area (Å²) in [6.07, 6.45) is 4.72. The van der Waals surface area contributed by atoms with Gasteiger partial charge in [0.25, 0.3) is 5.91 Å². The number of amides is 1. The average molecular weight is 344 g/mol. The summed E-state index contributed by atoms with van der Waals surface area (Å²) < 4.78 is 12.8. The molecule has 7 nitrogen and oxygen atoms in total. The third-order valence-electron chi connectivity index (χ3n) is 4.50. The average Bonchev–Trinajstić information content (AvgIpc) is 3.20. The molecule has 0 radical (unpaired) electrons. The zero-order valence-corrected chi connectivity index (χ0v) is 14.7. The minimum atomic E-state index is -0.485. The number of carbonyl (C=O) groups excluding carboxylic acids is 1. The van der Waals surface area contributed by atoms with Crippen LogP contribution in [-0.2, 0) is 16.1 Å². The highest BCUT2D eigenvalue weighted by Gasteiger charge is 2.28. The van der Waals surface area contributed by atoms with Gasteiger partial charge in [-0.15, -0.1) is 0 Å². The molecular formula is C18H24N4O3. The molecule has 1 fully saturated rings. The van der Waals surface area contributed by atoms with Gasteiger partial charge in [-0.2, -0.15) is 5.10 Å². The van der Waals surface area contributed by atoms with Gasteiger partial charge in [-0.25, -0.2) is 9.67 Å². The lowest BCUT2D eigenvalue weighted by molar-refractivity contribution is -0.145. The Balaban J connectivity index is 1.54. The molecule has 1 amide bonds. The van der Waals surface area contributed by atoms with Crippen molar-refractivity contribution < 1.29 is 14.3 Å². The molecule has 134 valence electrons. The Bertz CT molecular complexity index is 689. The second-order valence-electron chi connectivity index (χ2n) is 6.26. The SMILES string of the molecule is COc1cccc(CO[C@@H](C)C(=O)N2CCC[C@@H](n3cncn3)C2)c1. The molecule has 0 bridgehead atoms. The standard InChI is InChI=1S/C18H24N4O3/c1-14(25-11-15-5-3-7-17(9-15)24-2)18(23)21-8-4-6-16(10-21)22-13-19-12-20-22/h3,5,7,9,12-14,16H,4,6,8,10-11H2,1-2H3/t14-,16+/m0/s1. The highest BCUT2D eigenvalue weighted by Crippen LogP contribution is 2.21. The summed E-state index contributed by atoms with van der Waals surface area (Å²) in [5, 5.41) is 4.20. The van der Waals surface area contributed by atoms with E-state index in [1.165, 1.54) is 6.33 Å². The first-order chi connectivity index (χ1) is 12.2. The van der Waals surface area contributed by atoms with Crippen molar-refractivity contribution in [2.45, 2.75) is 38.5 Å². The molecule has 0 N–H and O–H groups in total. The van der Waals surface area contributed by atoms with E-state index in [4.69, 9.17) is 9.47 Å². The number of carbonyl (C=O) groups is 1. The summed E-state index contributed by atoms with van der Waals surface area (Å²) in [6.45, 7) is 3.60. The highest BCUT2D eigenvalue weighted by molar-refractivity contribution is 5.80. The predicted octanol–water partition coefficient (Wildman–Crippen LogP) is 2.06. The van der Waals surface area contributed by atoms with Crippen LogP contribution in [0.15, 0.2) is 36.9 Å². The van der Waals surface area contributed by atoms with Crippen LogP contribution in [-0.4, -0.2) is 51.9 Å². The molecule has 0 spiro atoms. The monoisotopic (exact) mass is 344 g/mol. The van der Waals surface area contributed by atoms with E-state index in [1.807, 2.05) is 40.8 Å². The van der Waals surface area contributed by atoms with E-state index in [0.717, 1.165) is 30.7 Å². The van der Waals surface area contributed by atoms with Crippen molar-refractivity contribution in [3.63, 3.8) is 0 Å². The van der Waals surface area contributed by atoms with Crippen LogP contribution in [0.2, 0.25) is 0 Å². The Kier molecular flexibility index (Phi) is 5.65. The van der Waals surface area contributed by atoms with Crippen molar-refractivity contribution in [1.29, 1.82) is 0 Å². The number of likely N-dealkylation sites (tertiary alicyclic amines) is 1. The molecule has 2 atom stereocenters. The highest BCUT2D eigenvalue weighted by atomic mass is 16.5. The van der Waals surface area contributed by atoms with Gasteiger partial charge in [-0.1, -0.05) is 12.1 Å². The van der Waals surface area contributed by atoms with Gasteiger partial charge in [0.15, 0.2) is 0 Å². The number of benzene rings is 1. The van der Waals surface area contributed by atoms with E-state index in [0.29, 0.717) is 13.2 Å². The summed E-state index contributed by atoms with van der Waals surface area (Å²) in [6, 6.07) is 7.86. The largest absolute Gasteiger partial charge is 0.497 e. The molecule has 2 aromatic rings. The van der Waals surface area contributed by atoms with Gasteiger partial charge < -0.3 is 14.4 Å². The van der Waals surface area contributed by atoms with E-state index in [9.17, 15) is 4.79 Å². The Labute approximate surface area is 147 Å². The Morgan fingerprint density at radius 1 is 1.44 bits per heavy atom. The minimum Gasteiger partial charge on any atom is -0.497 e. The Morgan fingerprint density at radius 2 is 2.32 bits per heavy atom. The molecular weight excluding hydrogens is 320 g/mol. The lowest BCUT2D eigenvalue weighted by Crippen LogP contribution is -2.45. The predicted molar refractivity (Wildman–Crippen MR) is 92.1 cm³/mol. The van der Waals surface area contributed by atoms with Crippen LogP contribution in [0.1, 0.15) is 31.4 Å².